The van der Waals surface area contributed by atoms with Crippen molar-refractivity contribution in [1.29, 1.82) is 0 Å². The Bertz CT molecular complexity index is 366. The Morgan fingerprint density at radius 1 is 1.27 bits per heavy atom. The van der Waals surface area contributed by atoms with Crippen LogP contribution in [-0.4, -0.2) is 11.6 Å². The largest absolute Gasteiger partial charge is 0.274 e. The lowest BCUT2D eigenvalue weighted by molar-refractivity contribution is -0.118. The van der Waals surface area contributed by atoms with E-state index in [0.717, 1.165) is 17.7 Å². The second-order valence-electron chi connectivity index (χ2n) is 3.42. The Balaban J connectivity index is 2.77. The van der Waals surface area contributed by atoms with Crippen LogP contribution in [0.4, 0.5) is 0 Å². The van der Waals surface area contributed by atoms with Crippen LogP contribution in [0.5, 0.6) is 0 Å². The van der Waals surface area contributed by atoms with E-state index < -0.39 is 0 Å². The molecule has 0 bridgehead atoms. The first-order valence-electron chi connectivity index (χ1n) is 5.03. The van der Waals surface area contributed by atoms with Gasteiger partial charge in [0, 0.05) is 6.92 Å². The molecule has 1 aromatic carbocycles. The van der Waals surface area contributed by atoms with E-state index in [9.17, 15) is 4.79 Å². The molecule has 0 saturated carbocycles. The first kappa shape index (κ1) is 11.4. The maximum atomic E-state index is 10.7. The number of nitrogens with one attached hydrogen (secondary N) is 1. The van der Waals surface area contributed by atoms with Crippen LogP contribution < -0.4 is 5.43 Å². The lowest BCUT2D eigenvalue weighted by Crippen LogP contribution is -2.14. The van der Waals surface area contributed by atoms with Crippen LogP contribution in [0.25, 0.3) is 0 Å². The van der Waals surface area contributed by atoms with Gasteiger partial charge in [-0.2, -0.15) is 5.10 Å². The van der Waals surface area contributed by atoms with Crippen LogP contribution in [0.1, 0.15) is 31.9 Å². The minimum atomic E-state index is -0.153. The lowest BCUT2D eigenvalue weighted by atomic mass is 10.1. The number of hydrazone groups is 1. The maximum absolute atomic E-state index is 10.7. The van der Waals surface area contributed by atoms with Crippen LogP contribution in [0.15, 0.2) is 29.4 Å². The van der Waals surface area contributed by atoms with Gasteiger partial charge in [0.05, 0.1) is 5.71 Å². The van der Waals surface area contributed by atoms with E-state index in [2.05, 4.69) is 29.6 Å². The standard InChI is InChI=1S/C12H16N2O/c1-4-11-5-7-12(8-6-11)9(2)13-14-10(3)15/h5-8H,4H2,1-3H3,(H,14,15). The second-order valence-corrected chi connectivity index (χ2v) is 3.42. The van der Waals surface area contributed by atoms with Gasteiger partial charge in [0.1, 0.15) is 0 Å². The van der Waals surface area contributed by atoms with Gasteiger partial charge >= 0.3 is 0 Å². The third-order valence-corrected chi connectivity index (χ3v) is 2.16. The van der Waals surface area contributed by atoms with E-state index in [1.54, 1.807) is 0 Å². The van der Waals surface area contributed by atoms with Crippen LogP contribution in [0.2, 0.25) is 0 Å². The quantitative estimate of drug-likeness (QED) is 0.594. The first-order chi connectivity index (χ1) is 7.13. The van der Waals surface area contributed by atoms with Crippen molar-refractivity contribution in [2.24, 2.45) is 5.10 Å². The molecular formula is C12H16N2O. The maximum Gasteiger partial charge on any atom is 0.236 e. The number of hydrogen-bond acceptors (Lipinski definition) is 2. The van der Waals surface area contributed by atoms with E-state index >= 15 is 0 Å². The molecule has 15 heavy (non-hydrogen) atoms. The molecule has 0 spiro atoms. The molecule has 0 unspecified atom stereocenters. The summed E-state index contributed by atoms with van der Waals surface area (Å²) in [6.45, 7) is 5.43. The predicted octanol–water partition coefficient (Wildman–Crippen LogP) is 2.11. The summed E-state index contributed by atoms with van der Waals surface area (Å²) >= 11 is 0. The van der Waals surface area contributed by atoms with Crippen molar-refractivity contribution < 1.29 is 4.79 Å². The van der Waals surface area contributed by atoms with Gasteiger partial charge in [-0.15, -0.1) is 0 Å². The molecule has 0 atom stereocenters. The zero-order valence-corrected chi connectivity index (χ0v) is 9.37. The predicted molar refractivity (Wildman–Crippen MR) is 61.8 cm³/mol. The molecule has 0 heterocycles. The van der Waals surface area contributed by atoms with E-state index in [4.69, 9.17) is 0 Å². The Labute approximate surface area is 90.2 Å². The van der Waals surface area contributed by atoms with Gasteiger partial charge in [-0.1, -0.05) is 31.2 Å². The molecule has 1 aromatic rings. The number of aryl methyl sites for hydroxylation is 1. The average Bonchev–Trinajstić information content (AvgIpc) is 2.26. The monoisotopic (exact) mass is 204 g/mol. The van der Waals surface area contributed by atoms with Gasteiger partial charge in [0.25, 0.3) is 0 Å². The fourth-order valence-corrected chi connectivity index (χ4v) is 1.21. The van der Waals surface area contributed by atoms with Crippen molar-refractivity contribution in [3.8, 4) is 0 Å². The van der Waals surface area contributed by atoms with Crippen LogP contribution in [-0.2, 0) is 11.2 Å². The lowest BCUT2D eigenvalue weighted by Gasteiger charge is -2.02. The minimum Gasteiger partial charge on any atom is -0.274 e. The van der Waals surface area contributed by atoms with Crippen molar-refractivity contribution >= 4 is 11.6 Å². The summed E-state index contributed by atoms with van der Waals surface area (Å²) in [6, 6.07) is 8.17. The highest BCUT2D eigenvalue weighted by Crippen LogP contribution is 2.05. The Morgan fingerprint density at radius 3 is 2.33 bits per heavy atom. The molecule has 0 aliphatic carbocycles. The Hall–Kier alpha value is -1.64. The van der Waals surface area contributed by atoms with Gasteiger partial charge in [0.15, 0.2) is 0 Å². The Morgan fingerprint density at radius 2 is 1.87 bits per heavy atom. The third kappa shape index (κ3) is 3.54. The summed E-state index contributed by atoms with van der Waals surface area (Å²) in [4.78, 5) is 10.7. The highest BCUT2D eigenvalue weighted by molar-refractivity contribution is 5.99. The van der Waals surface area contributed by atoms with E-state index in [1.807, 2.05) is 19.1 Å². The molecule has 3 heteroatoms. The Kier molecular flexibility index (Phi) is 4.03. The van der Waals surface area contributed by atoms with Gasteiger partial charge in [-0.25, -0.2) is 5.43 Å². The van der Waals surface area contributed by atoms with Gasteiger partial charge in [-0.3, -0.25) is 4.79 Å². The number of carbonyl (C=O) groups excluding carboxylic acids is 1. The average molecular weight is 204 g/mol. The summed E-state index contributed by atoms with van der Waals surface area (Å²) in [5, 5.41) is 3.97. The number of hydrogen-bond donors (Lipinski definition) is 1. The van der Waals surface area contributed by atoms with Crippen LogP contribution in [0.3, 0.4) is 0 Å². The van der Waals surface area contributed by atoms with Crippen molar-refractivity contribution in [1.82, 2.24) is 5.43 Å². The summed E-state index contributed by atoms with van der Waals surface area (Å²) in [5.74, 6) is -0.153. The zero-order chi connectivity index (χ0) is 11.3. The second kappa shape index (κ2) is 5.29. The van der Waals surface area contributed by atoms with Crippen molar-refractivity contribution in [3.05, 3.63) is 35.4 Å². The normalized spacial score (nSPS) is 11.3. The molecule has 0 aromatic heterocycles. The van der Waals surface area contributed by atoms with Gasteiger partial charge < -0.3 is 0 Å². The minimum absolute atomic E-state index is 0.153. The summed E-state index contributed by atoms with van der Waals surface area (Å²) in [5.41, 5.74) is 5.56. The number of rotatable bonds is 3. The molecule has 1 rings (SSSR count). The SMILES string of the molecule is CCc1ccc(C(C)=NNC(C)=O)cc1. The molecule has 0 fully saturated rings. The zero-order valence-electron chi connectivity index (χ0n) is 9.37. The van der Waals surface area contributed by atoms with E-state index in [-0.39, 0.29) is 5.91 Å². The number of carbonyl (C=O) groups is 1. The number of amides is 1. The molecule has 0 aliphatic rings. The molecule has 1 amide bonds. The summed E-state index contributed by atoms with van der Waals surface area (Å²) in [6.07, 6.45) is 1.03. The highest BCUT2D eigenvalue weighted by Gasteiger charge is 1.97. The number of nitrogens with zero attached hydrogens (tertiary/aromatic N) is 1. The van der Waals surface area contributed by atoms with Crippen molar-refractivity contribution in [3.63, 3.8) is 0 Å². The fourth-order valence-electron chi connectivity index (χ4n) is 1.21. The topological polar surface area (TPSA) is 41.5 Å². The van der Waals surface area contributed by atoms with Gasteiger partial charge in [-0.05, 0) is 24.5 Å². The summed E-state index contributed by atoms with van der Waals surface area (Å²) < 4.78 is 0. The number of benzene rings is 1. The fraction of sp³-hybridized carbons (Fsp3) is 0.333. The van der Waals surface area contributed by atoms with Crippen LogP contribution >= 0.6 is 0 Å². The van der Waals surface area contributed by atoms with E-state index in [1.165, 1.54) is 12.5 Å². The third-order valence-electron chi connectivity index (χ3n) is 2.16. The van der Waals surface area contributed by atoms with Crippen molar-refractivity contribution in [2.75, 3.05) is 0 Å². The molecule has 3 nitrogen and oxygen atoms in total. The highest BCUT2D eigenvalue weighted by atomic mass is 16.2. The smallest absolute Gasteiger partial charge is 0.236 e. The molecular weight excluding hydrogens is 188 g/mol. The van der Waals surface area contributed by atoms with Crippen molar-refractivity contribution in [2.45, 2.75) is 27.2 Å². The molecule has 0 saturated heterocycles. The summed E-state index contributed by atoms with van der Waals surface area (Å²) in [7, 11) is 0. The molecule has 0 radical (unpaired) electrons. The molecule has 1 N–H and O–H groups in total. The molecule has 0 aliphatic heterocycles. The van der Waals surface area contributed by atoms with E-state index in [0.29, 0.717) is 0 Å². The molecule has 80 valence electrons. The first-order valence-corrected chi connectivity index (χ1v) is 5.03. The van der Waals surface area contributed by atoms with Gasteiger partial charge in [0.2, 0.25) is 5.91 Å². The van der Waals surface area contributed by atoms with Crippen LogP contribution in [0, 0.1) is 0 Å².